The fraction of sp³-hybridized carbons (Fsp3) is 0.562. The molecule has 0 radical (unpaired) electrons. The Morgan fingerprint density at radius 3 is 2.42 bits per heavy atom. The van der Waals surface area contributed by atoms with Crippen LogP contribution in [0.15, 0.2) is 23.1 Å². The van der Waals surface area contributed by atoms with Gasteiger partial charge in [0.05, 0.1) is 6.61 Å². The number of sulfonamides is 1. The zero-order valence-corrected chi connectivity index (χ0v) is 15.5. The Labute approximate surface area is 144 Å². The summed E-state index contributed by atoms with van der Waals surface area (Å²) < 4.78 is 32.4. The van der Waals surface area contributed by atoms with Crippen molar-refractivity contribution in [2.45, 2.75) is 45.1 Å². The molecule has 7 nitrogen and oxygen atoms in total. The van der Waals surface area contributed by atoms with Gasteiger partial charge in [0, 0.05) is 31.2 Å². The summed E-state index contributed by atoms with van der Waals surface area (Å²) in [7, 11) is -3.70. The number of carbonyl (C=O) groups is 1. The molecule has 0 aliphatic rings. The number of nitrogens with one attached hydrogen (secondary N) is 1. The van der Waals surface area contributed by atoms with Crippen molar-refractivity contribution in [3.8, 4) is 5.75 Å². The van der Waals surface area contributed by atoms with Gasteiger partial charge in [-0.2, -0.15) is 4.31 Å². The van der Waals surface area contributed by atoms with Crippen LogP contribution in [0.3, 0.4) is 0 Å². The number of benzene rings is 1. The number of carbonyl (C=O) groups excluding carboxylic acids is 1. The molecule has 3 N–H and O–H groups in total. The molecule has 0 bridgehead atoms. The Balaban J connectivity index is 3.25. The maximum absolute atomic E-state index is 12.8. The van der Waals surface area contributed by atoms with Gasteiger partial charge in [-0.15, -0.1) is 0 Å². The molecule has 0 aromatic heterocycles. The van der Waals surface area contributed by atoms with Crippen LogP contribution < -0.4 is 15.8 Å². The summed E-state index contributed by atoms with van der Waals surface area (Å²) in [5.41, 5.74) is 6.00. The highest BCUT2D eigenvalue weighted by molar-refractivity contribution is 7.89. The summed E-state index contributed by atoms with van der Waals surface area (Å²) in [4.78, 5) is 11.9. The molecule has 0 aliphatic heterocycles. The second-order valence-corrected chi connectivity index (χ2v) is 7.32. The number of hydrogen-bond donors (Lipinski definition) is 2. The molecule has 0 spiro atoms. The van der Waals surface area contributed by atoms with Gasteiger partial charge in [0.1, 0.15) is 10.6 Å². The average molecular weight is 357 g/mol. The Kier molecular flexibility index (Phi) is 7.65. The highest BCUT2D eigenvalue weighted by atomic mass is 32.2. The van der Waals surface area contributed by atoms with Crippen LogP contribution in [0.1, 0.15) is 34.1 Å². The quantitative estimate of drug-likeness (QED) is 0.701. The fourth-order valence-electron chi connectivity index (χ4n) is 2.27. The van der Waals surface area contributed by atoms with Crippen LogP contribution >= 0.6 is 0 Å². The molecule has 1 aromatic rings. The molecule has 1 atom stereocenters. The van der Waals surface area contributed by atoms with Gasteiger partial charge in [-0.25, -0.2) is 8.42 Å². The smallest absolute Gasteiger partial charge is 0.246 e. The molecule has 0 saturated carbocycles. The molecule has 1 aromatic carbocycles. The van der Waals surface area contributed by atoms with Crippen molar-refractivity contribution < 1.29 is 17.9 Å². The maximum Gasteiger partial charge on any atom is 0.246 e. The van der Waals surface area contributed by atoms with E-state index in [1.165, 1.54) is 10.4 Å². The zero-order chi connectivity index (χ0) is 18.3. The Bertz CT molecular complexity index is 655. The maximum atomic E-state index is 12.8. The number of rotatable bonds is 9. The minimum absolute atomic E-state index is 0.0478. The third kappa shape index (κ3) is 5.19. The van der Waals surface area contributed by atoms with Crippen LogP contribution in [-0.4, -0.2) is 44.4 Å². The summed E-state index contributed by atoms with van der Waals surface area (Å²) in [5.74, 6) is 0.00920. The monoisotopic (exact) mass is 357 g/mol. The predicted molar refractivity (Wildman–Crippen MR) is 94.6 cm³/mol. The lowest BCUT2D eigenvalue weighted by molar-refractivity contribution is -0.116. The molecule has 0 saturated heterocycles. The van der Waals surface area contributed by atoms with Gasteiger partial charge in [-0.05, 0) is 32.0 Å². The first kappa shape index (κ1) is 20.4. The van der Waals surface area contributed by atoms with Crippen molar-refractivity contribution in [2.75, 3.05) is 25.0 Å². The van der Waals surface area contributed by atoms with Gasteiger partial charge < -0.3 is 15.8 Å². The van der Waals surface area contributed by atoms with Gasteiger partial charge in [0.25, 0.3) is 0 Å². The van der Waals surface area contributed by atoms with E-state index < -0.39 is 10.0 Å². The van der Waals surface area contributed by atoms with Crippen molar-refractivity contribution in [3.63, 3.8) is 0 Å². The van der Waals surface area contributed by atoms with Crippen LogP contribution in [-0.2, 0) is 14.8 Å². The lowest BCUT2D eigenvalue weighted by Gasteiger charge is -2.21. The standard InChI is InChI=1S/C16H27N3O4S/c1-5-19(6-2)24(21,22)15-11-13(8-9-14(15)23-7-3)18-16(20)10-12(4)17/h8-9,11-12H,5-7,10,17H2,1-4H3,(H,18,20). The van der Waals surface area contributed by atoms with Crippen molar-refractivity contribution in [3.05, 3.63) is 18.2 Å². The van der Waals surface area contributed by atoms with E-state index >= 15 is 0 Å². The average Bonchev–Trinajstić information content (AvgIpc) is 2.49. The lowest BCUT2D eigenvalue weighted by atomic mass is 10.2. The SMILES string of the molecule is CCOc1ccc(NC(=O)CC(C)N)cc1S(=O)(=O)N(CC)CC. The Morgan fingerprint density at radius 2 is 1.92 bits per heavy atom. The van der Waals surface area contributed by atoms with Crippen molar-refractivity contribution >= 4 is 21.6 Å². The third-order valence-electron chi connectivity index (χ3n) is 3.36. The second kappa shape index (κ2) is 9.00. The number of ether oxygens (including phenoxy) is 1. The molecule has 0 aliphatic carbocycles. The zero-order valence-electron chi connectivity index (χ0n) is 14.7. The summed E-state index contributed by atoms with van der Waals surface area (Å²) in [5, 5.41) is 2.67. The highest BCUT2D eigenvalue weighted by Crippen LogP contribution is 2.30. The van der Waals surface area contributed by atoms with Gasteiger partial charge >= 0.3 is 0 Å². The number of anilines is 1. The number of nitrogens with two attached hydrogens (primary N) is 1. The molecule has 1 amide bonds. The molecular formula is C16H27N3O4S. The van der Waals surface area contributed by atoms with E-state index in [1.54, 1.807) is 39.8 Å². The minimum atomic E-state index is -3.70. The first-order valence-corrected chi connectivity index (χ1v) is 9.52. The van der Waals surface area contributed by atoms with E-state index in [0.29, 0.717) is 25.4 Å². The molecule has 1 rings (SSSR count). The Hall–Kier alpha value is -1.64. The van der Waals surface area contributed by atoms with Gasteiger partial charge in [-0.1, -0.05) is 13.8 Å². The van der Waals surface area contributed by atoms with E-state index in [2.05, 4.69) is 5.32 Å². The van der Waals surface area contributed by atoms with Gasteiger partial charge in [0.15, 0.2) is 0 Å². The molecule has 1 unspecified atom stereocenters. The number of nitrogens with zero attached hydrogens (tertiary/aromatic N) is 1. The van der Waals surface area contributed by atoms with Crippen molar-refractivity contribution in [1.29, 1.82) is 0 Å². The van der Waals surface area contributed by atoms with Gasteiger partial charge in [-0.3, -0.25) is 4.79 Å². The van der Waals surface area contributed by atoms with Crippen LogP contribution in [0.25, 0.3) is 0 Å². The van der Waals surface area contributed by atoms with Gasteiger partial charge in [0.2, 0.25) is 15.9 Å². The highest BCUT2D eigenvalue weighted by Gasteiger charge is 2.26. The van der Waals surface area contributed by atoms with Crippen LogP contribution in [0.5, 0.6) is 5.75 Å². The third-order valence-corrected chi connectivity index (χ3v) is 5.43. The normalized spacial score (nSPS) is 12.9. The predicted octanol–water partition coefficient (Wildman–Crippen LogP) is 1.79. The fourth-order valence-corrected chi connectivity index (χ4v) is 3.88. The summed E-state index contributed by atoms with van der Waals surface area (Å²) in [6.07, 6.45) is 0.158. The topological polar surface area (TPSA) is 102 Å². The second-order valence-electron chi connectivity index (χ2n) is 5.41. The van der Waals surface area contributed by atoms with E-state index in [1.807, 2.05) is 0 Å². The summed E-state index contributed by atoms with van der Waals surface area (Å²) in [6.45, 7) is 8.11. The molecular weight excluding hydrogens is 330 g/mol. The van der Waals surface area contributed by atoms with Crippen LogP contribution in [0, 0.1) is 0 Å². The number of amides is 1. The van der Waals surface area contributed by atoms with Crippen LogP contribution in [0.2, 0.25) is 0 Å². The minimum Gasteiger partial charge on any atom is -0.492 e. The molecule has 0 heterocycles. The molecule has 24 heavy (non-hydrogen) atoms. The molecule has 8 heteroatoms. The Morgan fingerprint density at radius 1 is 1.29 bits per heavy atom. The van der Waals surface area contributed by atoms with Crippen molar-refractivity contribution in [1.82, 2.24) is 4.31 Å². The summed E-state index contributed by atoms with van der Waals surface area (Å²) >= 11 is 0. The first-order valence-electron chi connectivity index (χ1n) is 8.08. The van der Waals surface area contributed by atoms with Crippen LogP contribution in [0.4, 0.5) is 5.69 Å². The lowest BCUT2D eigenvalue weighted by Crippen LogP contribution is -2.31. The van der Waals surface area contributed by atoms with E-state index in [9.17, 15) is 13.2 Å². The number of hydrogen-bond acceptors (Lipinski definition) is 5. The van der Waals surface area contributed by atoms with Crippen molar-refractivity contribution in [2.24, 2.45) is 5.73 Å². The first-order chi connectivity index (χ1) is 11.3. The van der Waals surface area contributed by atoms with E-state index in [-0.39, 0.29) is 29.0 Å². The van der Waals surface area contributed by atoms with E-state index in [4.69, 9.17) is 10.5 Å². The molecule has 136 valence electrons. The molecule has 0 fully saturated rings. The summed E-state index contributed by atoms with van der Waals surface area (Å²) in [6, 6.07) is 4.33. The largest absolute Gasteiger partial charge is 0.492 e. The van der Waals surface area contributed by atoms with E-state index in [0.717, 1.165) is 0 Å².